The van der Waals surface area contributed by atoms with Gasteiger partial charge in [-0.3, -0.25) is 4.98 Å². The lowest BCUT2D eigenvalue weighted by molar-refractivity contribution is 0.283. The number of halogens is 1. The third kappa shape index (κ3) is 1.27. The molecule has 0 aliphatic rings. The van der Waals surface area contributed by atoms with E-state index in [9.17, 15) is 4.39 Å². The zero-order valence-corrected chi connectivity index (χ0v) is 6.87. The molecule has 0 fully saturated rings. The molecular formula is C10H8FNO. The quantitative estimate of drug-likeness (QED) is 0.721. The van der Waals surface area contributed by atoms with Crippen molar-refractivity contribution in [2.24, 2.45) is 0 Å². The molecule has 1 aromatic heterocycles. The Balaban J connectivity index is 2.84. The van der Waals surface area contributed by atoms with Gasteiger partial charge in [-0.2, -0.15) is 0 Å². The lowest BCUT2D eigenvalue weighted by Crippen LogP contribution is -1.90. The van der Waals surface area contributed by atoms with E-state index in [0.717, 1.165) is 0 Å². The Morgan fingerprint density at radius 2 is 2.15 bits per heavy atom. The van der Waals surface area contributed by atoms with E-state index in [1.54, 1.807) is 18.2 Å². The van der Waals surface area contributed by atoms with E-state index >= 15 is 0 Å². The van der Waals surface area contributed by atoms with Crippen molar-refractivity contribution in [2.45, 2.75) is 6.61 Å². The summed E-state index contributed by atoms with van der Waals surface area (Å²) in [5, 5.41) is 9.65. The molecule has 0 aliphatic heterocycles. The number of aromatic nitrogens is 1. The molecule has 1 N–H and O–H groups in total. The first-order valence-corrected chi connectivity index (χ1v) is 3.96. The van der Waals surface area contributed by atoms with Crippen LogP contribution in [0.1, 0.15) is 5.56 Å². The highest BCUT2D eigenvalue weighted by Gasteiger charge is 2.03. The third-order valence-corrected chi connectivity index (χ3v) is 1.98. The molecule has 2 aromatic rings. The van der Waals surface area contributed by atoms with Crippen LogP contribution in [0, 0.1) is 5.82 Å². The Bertz CT molecular complexity index is 442. The van der Waals surface area contributed by atoms with Gasteiger partial charge < -0.3 is 5.11 Å². The average Bonchev–Trinajstić information content (AvgIpc) is 2.18. The fraction of sp³-hybridized carbons (Fsp3) is 0.100. The Kier molecular flexibility index (Phi) is 1.94. The van der Waals surface area contributed by atoms with Crippen molar-refractivity contribution >= 4 is 10.9 Å². The van der Waals surface area contributed by atoms with Gasteiger partial charge in [-0.15, -0.1) is 0 Å². The van der Waals surface area contributed by atoms with Crippen molar-refractivity contribution in [1.82, 2.24) is 4.98 Å². The molecule has 0 radical (unpaired) electrons. The van der Waals surface area contributed by atoms with E-state index in [2.05, 4.69) is 4.98 Å². The number of para-hydroxylation sites is 1. The highest BCUT2D eigenvalue weighted by atomic mass is 19.1. The van der Waals surface area contributed by atoms with Crippen molar-refractivity contribution in [3.05, 3.63) is 41.8 Å². The van der Waals surface area contributed by atoms with E-state index < -0.39 is 0 Å². The smallest absolute Gasteiger partial charge is 0.149 e. The van der Waals surface area contributed by atoms with Crippen LogP contribution >= 0.6 is 0 Å². The zero-order chi connectivity index (χ0) is 9.26. The number of fused-ring (bicyclic) bond motifs is 1. The van der Waals surface area contributed by atoms with Crippen LogP contribution < -0.4 is 0 Å². The van der Waals surface area contributed by atoms with Crippen LogP contribution in [0.2, 0.25) is 0 Å². The average molecular weight is 177 g/mol. The van der Waals surface area contributed by atoms with Gasteiger partial charge >= 0.3 is 0 Å². The molecule has 0 saturated carbocycles. The predicted octanol–water partition coefficient (Wildman–Crippen LogP) is 1.87. The zero-order valence-electron chi connectivity index (χ0n) is 6.87. The molecule has 3 heteroatoms. The van der Waals surface area contributed by atoms with Crippen LogP contribution in [-0.2, 0) is 6.61 Å². The van der Waals surface area contributed by atoms with Gasteiger partial charge in [0.1, 0.15) is 11.3 Å². The minimum atomic E-state index is -0.354. The number of nitrogens with zero attached hydrogens (tertiary/aromatic N) is 1. The fourth-order valence-corrected chi connectivity index (χ4v) is 1.34. The van der Waals surface area contributed by atoms with Crippen LogP contribution in [-0.4, -0.2) is 10.1 Å². The van der Waals surface area contributed by atoms with Gasteiger partial charge in [0.15, 0.2) is 0 Å². The Labute approximate surface area is 74.7 Å². The highest BCUT2D eigenvalue weighted by Crippen LogP contribution is 2.18. The van der Waals surface area contributed by atoms with E-state index in [1.807, 2.05) is 0 Å². The van der Waals surface area contributed by atoms with E-state index in [-0.39, 0.29) is 12.4 Å². The Morgan fingerprint density at radius 3 is 2.92 bits per heavy atom. The minimum Gasteiger partial charge on any atom is -0.392 e. The van der Waals surface area contributed by atoms with Crippen molar-refractivity contribution < 1.29 is 9.50 Å². The van der Waals surface area contributed by atoms with Crippen LogP contribution in [0.4, 0.5) is 4.39 Å². The summed E-state index contributed by atoms with van der Waals surface area (Å²) in [6.45, 7) is -0.0948. The topological polar surface area (TPSA) is 33.1 Å². The van der Waals surface area contributed by atoms with Crippen molar-refractivity contribution in [2.75, 3.05) is 0 Å². The maximum absolute atomic E-state index is 13.2. The lowest BCUT2D eigenvalue weighted by atomic mass is 10.1. The lowest BCUT2D eigenvalue weighted by Gasteiger charge is -2.02. The molecule has 13 heavy (non-hydrogen) atoms. The standard InChI is InChI=1S/C10H8FNO/c11-9-3-1-2-8-7(6-13)4-5-12-10(8)9/h1-5,13H,6H2. The Morgan fingerprint density at radius 1 is 1.31 bits per heavy atom. The third-order valence-electron chi connectivity index (χ3n) is 1.98. The van der Waals surface area contributed by atoms with Gasteiger partial charge in [0.2, 0.25) is 0 Å². The van der Waals surface area contributed by atoms with Gasteiger partial charge in [-0.1, -0.05) is 12.1 Å². The number of benzene rings is 1. The van der Waals surface area contributed by atoms with Crippen LogP contribution in [0.5, 0.6) is 0 Å². The number of hydrogen-bond donors (Lipinski definition) is 1. The van der Waals surface area contributed by atoms with Crippen LogP contribution in [0.15, 0.2) is 30.5 Å². The second kappa shape index (κ2) is 3.11. The Hall–Kier alpha value is -1.48. The molecular weight excluding hydrogens is 169 g/mol. The van der Waals surface area contributed by atoms with Gasteiger partial charge in [-0.25, -0.2) is 4.39 Å². The van der Waals surface area contributed by atoms with Gasteiger partial charge in [0.05, 0.1) is 6.61 Å². The molecule has 0 atom stereocenters. The summed E-state index contributed by atoms with van der Waals surface area (Å²) in [5.74, 6) is -0.354. The van der Waals surface area contributed by atoms with Gasteiger partial charge in [0.25, 0.3) is 0 Å². The number of hydrogen-bond acceptors (Lipinski definition) is 2. The maximum Gasteiger partial charge on any atom is 0.149 e. The molecule has 0 aliphatic carbocycles. The van der Waals surface area contributed by atoms with Gasteiger partial charge in [0, 0.05) is 11.6 Å². The normalized spacial score (nSPS) is 10.6. The second-order valence-corrected chi connectivity index (χ2v) is 2.76. The molecule has 0 spiro atoms. The first-order chi connectivity index (χ1) is 6.33. The number of pyridine rings is 1. The molecule has 2 nitrogen and oxygen atoms in total. The fourth-order valence-electron chi connectivity index (χ4n) is 1.34. The maximum atomic E-state index is 13.2. The molecule has 0 saturated heterocycles. The van der Waals surface area contributed by atoms with Crippen molar-refractivity contribution in [1.29, 1.82) is 0 Å². The molecule has 66 valence electrons. The predicted molar refractivity (Wildman–Crippen MR) is 47.6 cm³/mol. The van der Waals surface area contributed by atoms with Crippen molar-refractivity contribution in [3.63, 3.8) is 0 Å². The van der Waals surface area contributed by atoms with E-state index in [1.165, 1.54) is 12.3 Å². The largest absolute Gasteiger partial charge is 0.392 e. The van der Waals surface area contributed by atoms with Crippen LogP contribution in [0.3, 0.4) is 0 Å². The number of aliphatic hydroxyl groups is 1. The van der Waals surface area contributed by atoms with E-state index in [0.29, 0.717) is 16.5 Å². The van der Waals surface area contributed by atoms with E-state index in [4.69, 9.17) is 5.11 Å². The second-order valence-electron chi connectivity index (χ2n) is 2.76. The highest BCUT2D eigenvalue weighted by molar-refractivity contribution is 5.82. The molecule has 0 bridgehead atoms. The monoisotopic (exact) mass is 177 g/mol. The number of rotatable bonds is 1. The molecule has 2 rings (SSSR count). The summed E-state index contributed by atoms with van der Waals surface area (Å²) in [7, 11) is 0. The molecule has 1 aromatic carbocycles. The summed E-state index contributed by atoms with van der Waals surface area (Å²) in [4.78, 5) is 3.90. The first-order valence-electron chi connectivity index (χ1n) is 3.96. The molecule has 0 amide bonds. The number of aliphatic hydroxyl groups excluding tert-OH is 1. The molecule has 1 heterocycles. The minimum absolute atomic E-state index is 0.0948. The van der Waals surface area contributed by atoms with Crippen LogP contribution in [0.25, 0.3) is 10.9 Å². The first kappa shape index (κ1) is 8.13. The summed E-state index contributed by atoms with van der Waals surface area (Å²) in [5.41, 5.74) is 1.01. The van der Waals surface area contributed by atoms with Gasteiger partial charge in [-0.05, 0) is 17.7 Å². The van der Waals surface area contributed by atoms with Crippen molar-refractivity contribution in [3.8, 4) is 0 Å². The molecule has 0 unspecified atom stereocenters. The SMILES string of the molecule is OCc1ccnc2c(F)cccc12. The summed E-state index contributed by atoms with van der Waals surface area (Å²) >= 11 is 0. The summed E-state index contributed by atoms with van der Waals surface area (Å²) < 4.78 is 13.2. The summed E-state index contributed by atoms with van der Waals surface area (Å²) in [6.07, 6.45) is 1.50. The summed E-state index contributed by atoms with van der Waals surface area (Å²) in [6, 6.07) is 6.40.